The number of nitrogens with two attached hydrogens (primary N) is 1. The quantitative estimate of drug-likeness (QED) is 0.948. The van der Waals surface area contributed by atoms with Crippen molar-refractivity contribution in [2.24, 2.45) is 5.73 Å². The zero-order chi connectivity index (χ0) is 16.2. The second kappa shape index (κ2) is 6.94. The van der Waals surface area contributed by atoms with E-state index in [1.54, 1.807) is 0 Å². The molecule has 0 aliphatic carbocycles. The maximum Gasteiger partial charge on any atom is 0.254 e. The highest BCUT2D eigenvalue weighted by Crippen LogP contribution is 2.26. The Morgan fingerprint density at radius 2 is 1.83 bits per heavy atom. The van der Waals surface area contributed by atoms with Gasteiger partial charge in [0, 0.05) is 18.7 Å². The van der Waals surface area contributed by atoms with E-state index in [1.807, 2.05) is 66.4 Å². The second-order valence-corrected chi connectivity index (χ2v) is 5.96. The number of rotatable bonds is 3. The average molecular weight is 310 g/mol. The lowest BCUT2D eigenvalue weighted by molar-refractivity contribution is -0.0691. The molecule has 2 N–H and O–H groups in total. The Kier molecular flexibility index (Phi) is 4.74. The molecule has 0 radical (unpaired) electrons. The van der Waals surface area contributed by atoms with Gasteiger partial charge in [-0.25, -0.2) is 0 Å². The predicted octanol–water partition coefficient (Wildman–Crippen LogP) is 2.75. The Bertz CT molecular complexity index is 655. The van der Waals surface area contributed by atoms with Crippen LogP contribution in [0.25, 0.3) is 0 Å². The van der Waals surface area contributed by atoms with Gasteiger partial charge in [-0.1, -0.05) is 42.5 Å². The van der Waals surface area contributed by atoms with Crippen molar-refractivity contribution >= 4 is 5.91 Å². The molecule has 2 unspecified atom stereocenters. The predicted molar refractivity (Wildman–Crippen MR) is 90.0 cm³/mol. The molecule has 1 aliphatic heterocycles. The highest BCUT2D eigenvalue weighted by atomic mass is 16.5. The van der Waals surface area contributed by atoms with E-state index in [0.717, 1.165) is 11.1 Å². The van der Waals surface area contributed by atoms with Crippen molar-refractivity contribution < 1.29 is 9.53 Å². The molecule has 2 aromatic rings. The third-order valence-corrected chi connectivity index (χ3v) is 4.16. The van der Waals surface area contributed by atoms with Crippen molar-refractivity contribution in [1.82, 2.24) is 4.90 Å². The van der Waals surface area contributed by atoms with Crippen LogP contribution in [0.5, 0.6) is 0 Å². The van der Waals surface area contributed by atoms with Gasteiger partial charge in [0.2, 0.25) is 0 Å². The number of amides is 1. The molecule has 4 heteroatoms. The molecule has 0 bridgehead atoms. The smallest absolute Gasteiger partial charge is 0.254 e. The van der Waals surface area contributed by atoms with Gasteiger partial charge in [-0.3, -0.25) is 4.79 Å². The van der Waals surface area contributed by atoms with Crippen molar-refractivity contribution in [2.75, 3.05) is 13.1 Å². The molecule has 120 valence electrons. The zero-order valence-electron chi connectivity index (χ0n) is 13.3. The first-order chi connectivity index (χ1) is 11.2. The van der Waals surface area contributed by atoms with Gasteiger partial charge < -0.3 is 15.4 Å². The molecule has 4 nitrogen and oxygen atoms in total. The highest BCUT2D eigenvalue weighted by Gasteiger charge is 2.29. The molecule has 1 saturated heterocycles. The summed E-state index contributed by atoms with van der Waals surface area (Å²) in [4.78, 5) is 14.6. The number of benzene rings is 2. The van der Waals surface area contributed by atoms with E-state index in [9.17, 15) is 4.79 Å². The van der Waals surface area contributed by atoms with Crippen LogP contribution in [0.2, 0.25) is 0 Å². The fourth-order valence-corrected chi connectivity index (χ4v) is 2.94. The Morgan fingerprint density at radius 3 is 2.48 bits per heavy atom. The molecule has 2 aromatic carbocycles. The van der Waals surface area contributed by atoms with Gasteiger partial charge in [-0.05, 0) is 30.2 Å². The Morgan fingerprint density at radius 1 is 1.13 bits per heavy atom. The minimum Gasteiger partial charge on any atom is -0.367 e. The highest BCUT2D eigenvalue weighted by molar-refractivity contribution is 5.94. The van der Waals surface area contributed by atoms with Gasteiger partial charge >= 0.3 is 0 Å². The van der Waals surface area contributed by atoms with Crippen LogP contribution in [0, 0.1) is 0 Å². The molecule has 1 fully saturated rings. The summed E-state index contributed by atoms with van der Waals surface area (Å²) in [6.45, 7) is 3.68. The summed E-state index contributed by atoms with van der Waals surface area (Å²) in [5.74, 6) is 0.0460. The number of hydrogen-bond donors (Lipinski definition) is 1. The van der Waals surface area contributed by atoms with E-state index < -0.39 is 0 Å². The third kappa shape index (κ3) is 3.60. The number of hydrogen-bond acceptors (Lipinski definition) is 3. The van der Waals surface area contributed by atoms with Crippen LogP contribution < -0.4 is 5.73 Å². The van der Waals surface area contributed by atoms with Gasteiger partial charge in [-0.2, -0.15) is 0 Å². The first-order valence-electron chi connectivity index (χ1n) is 7.96. The van der Waals surface area contributed by atoms with Crippen LogP contribution in [-0.2, 0) is 11.3 Å². The van der Waals surface area contributed by atoms with Gasteiger partial charge in [0.25, 0.3) is 5.91 Å². The summed E-state index contributed by atoms with van der Waals surface area (Å²) >= 11 is 0. The molecular formula is C19H22N2O2. The summed E-state index contributed by atoms with van der Waals surface area (Å²) in [5.41, 5.74) is 8.44. The second-order valence-electron chi connectivity index (χ2n) is 5.96. The van der Waals surface area contributed by atoms with Crippen molar-refractivity contribution in [1.29, 1.82) is 0 Å². The van der Waals surface area contributed by atoms with E-state index in [4.69, 9.17) is 10.5 Å². The molecule has 1 amide bonds. The third-order valence-electron chi connectivity index (χ3n) is 4.16. The van der Waals surface area contributed by atoms with Crippen LogP contribution in [0.15, 0.2) is 54.6 Å². The minimum atomic E-state index is -0.0767. The van der Waals surface area contributed by atoms with E-state index in [2.05, 4.69) is 0 Å². The molecule has 2 atom stereocenters. The van der Waals surface area contributed by atoms with Crippen LogP contribution in [0.1, 0.15) is 34.5 Å². The Hall–Kier alpha value is -2.17. The largest absolute Gasteiger partial charge is 0.367 e. The summed E-state index contributed by atoms with van der Waals surface area (Å²) < 4.78 is 6.01. The number of morpholine rings is 1. The van der Waals surface area contributed by atoms with Crippen LogP contribution >= 0.6 is 0 Å². The standard InChI is InChI=1S/C19H22N2O2/c1-14-12-21(13-18(23-14)16-5-3-2-4-6-16)19(22)17-9-7-15(11-20)8-10-17/h2-10,14,18H,11-13,20H2,1H3. The molecule has 23 heavy (non-hydrogen) atoms. The monoisotopic (exact) mass is 310 g/mol. The van der Waals surface area contributed by atoms with E-state index >= 15 is 0 Å². The average Bonchev–Trinajstić information content (AvgIpc) is 2.61. The van der Waals surface area contributed by atoms with Crippen LogP contribution in [0.4, 0.5) is 0 Å². The summed E-state index contributed by atoms with van der Waals surface area (Å²) in [6.07, 6.45) is -0.0616. The van der Waals surface area contributed by atoms with Gasteiger partial charge in [0.05, 0.1) is 12.6 Å². The van der Waals surface area contributed by atoms with Crippen molar-refractivity contribution in [2.45, 2.75) is 25.7 Å². The number of nitrogens with zero attached hydrogens (tertiary/aromatic N) is 1. The molecule has 3 rings (SSSR count). The summed E-state index contributed by atoms with van der Waals surface area (Å²) in [7, 11) is 0. The lowest BCUT2D eigenvalue weighted by Gasteiger charge is -2.37. The Labute approximate surface area is 136 Å². The fraction of sp³-hybridized carbons (Fsp3) is 0.316. The topological polar surface area (TPSA) is 55.6 Å². The molecule has 1 aliphatic rings. The SMILES string of the molecule is CC1CN(C(=O)c2ccc(CN)cc2)CC(c2ccccc2)O1. The lowest BCUT2D eigenvalue weighted by Crippen LogP contribution is -2.45. The van der Waals surface area contributed by atoms with E-state index in [0.29, 0.717) is 25.2 Å². The Balaban J connectivity index is 1.77. The van der Waals surface area contributed by atoms with Crippen molar-refractivity contribution in [3.63, 3.8) is 0 Å². The minimum absolute atomic E-state index is 0.0150. The molecule has 0 aromatic heterocycles. The lowest BCUT2D eigenvalue weighted by atomic mass is 10.1. The van der Waals surface area contributed by atoms with Crippen molar-refractivity contribution in [3.8, 4) is 0 Å². The normalized spacial score (nSPS) is 21.2. The molecule has 0 saturated carbocycles. The molecular weight excluding hydrogens is 288 g/mol. The van der Waals surface area contributed by atoms with Gasteiger partial charge in [0.1, 0.15) is 6.10 Å². The van der Waals surface area contributed by atoms with Crippen LogP contribution in [-0.4, -0.2) is 30.0 Å². The van der Waals surface area contributed by atoms with Gasteiger partial charge in [-0.15, -0.1) is 0 Å². The zero-order valence-corrected chi connectivity index (χ0v) is 13.3. The summed E-state index contributed by atoms with van der Waals surface area (Å²) in [6, 6.07) is 17.6. The maximum absolute atomic E-state index is 12.8. The van der Waals surface area contributed by atoms with Gasteiger partial charge in [0.15, 0.2) is 0 Å². The fourth-order valence-electron chi connectivity index (χ4n) is 2.94. The number of carbonyl (C=O) groups is 1. The number of carbonyl (C=O) groups excluding carboxylic acids is 1. The molecule has 0 spiro atoms. The first-order valence-corrected chi connectivity index (χ1v) is 7.96. The first kappa shape index (κ1) is 15.7. The summed E-state index contributed by atoms with van der Waals surface area (Å²) in [5, 5.41) is 0. The number of ether oxygens (including phenoxy) is 1. The van der Waals surface area contributed by atoms with Crippen molar-refractivity contribution in [3.05, 3.63) is 71.3 Å². The van der Waals surface area contributed by atoms with E-state index in [1.165, 1.54) is 0 Å². The van der Waals surface area contributed by atoms with E-state index in [-0.39, 0.29) is 18.1 Å². The maximum atomic E-state index is 12.8. The molecule has 1 heterocycles. The van der Waals surface area contributed by atoms with Crippen LogP contribution in [0.3, 0.4) is 0 Å².